The van der Waals surface area contributed by atoms with Gasteiger partial charge in [-0.3, -0.25) is 4.99 Å². The summed E-state index contributed by atoms with van der Waals surface area (Å²) >= 11 is 0. The van der Waals surface area contributed by atoms with Crippen LogP contribution in [0.5, 0.6) is 5.75 Å². The Balaban J connectivity index is 1.96. The maximum atomic E-state index is 10.1. The number of benzene rings is 2. The summed E-state index contributed by atoms with van der Waals surface area (Å²) in [6.07, 6.45) is 2.67. The summed E-state index contributed by atoms with van der Waals surface area (Å²) in [5, 5.41) is 10.1. The van der Waals surface area contributed by atoms with Crippen LogP contribution in [0.2, 0.25) is 0 Å². The number of anilines is 1. The normalized spacial score (nSPS) is 11.0. The lowest BCUT2D eigenvalue weighted by molar-refractivity contribution is 0.474. The van der Waals surface area contributed by atoms with E-state index in [-0.39, 0.29) is 5.75 Å². The van der Waals surface area contributed by atoms with E-state index in [2.05, 4.69) is 35.9 Å². The van der Waals surface area contributed by atoms with E-state index in [0.29, 0.717) is 0 Å². The lowest BCUT2D eigenvalue weighted by Gasteiger charge is -2.21. The van der Waals surface area contributed by atoms with Crippen molar-refractivity contribution in [1.82, 2.24) is 0 Å². The molecule has 2 aromatic carbocycles. The fourth-order valence-corrected chi connectivity index (χ4v) is 2.43. The molecule has 0 aliphatic heterocycles. The average Bonchev–Trinajstić information content (AvgIpc) is 2.55. The third-order valence-corrected chi connectivity index (χ3v) is 3.75. The molecule has 0 fully saturated rings. The Bertz CT molecular complexity index is 604. The van der Waals surface area contributed by atoms with E-state index in [0.717, 1.165) is 37.3 Å². The number of hydrogen-bond donors (Lipinski definition) is 1. The van der Waals surface area contributed by atoms with Gasteiger partial charge in [0.25, 0.3) is 0 Å². The molecule has 0 radical (unpaired) electrons. The summed E-state index contributed by atoms with van der Waals surface area (Å²) in [6, 6.07) is 16.1. The van der Waals surface area contributed by atoms with Crippen molar-refractivity contribution in [3.05, 3.63) is 59.7 Å². The van der Waals surface area contributed by atoms with Gasteiger partial charge in [0.1, 0.15) is 5.75 Å². The largest absolute Gasteiger partial charge is 0.507 e. The van der Waals surface area contributed by atoms with E-state index in [1.807, 2.05) is 36.4 Å². The number of rotatable bonds is 7. The minimum absolute atomic E-state index is 0.285. The van der Waals surface area contributed by atoms with Gasteiger partial charge in [0, 0.05) is 43.2 Å². The fourth-order valence-electron chi connectivity index (χ4n) is 2.43. The minimum atomic E-state index is 0.285. The molecule has 116 valence electrons. The van der Waals surface area contributed by atoms with Crippen molar-refractivity contribution in [2.24, 2.45) is 4.99 Å². The lowest BCUT2D eigenvalue weighted by atomic mass is 10.1. The Morgan fingerprint density at radius 2 is 1.77 bits per heavy atom. The van der Waals surface area contributed by atoms with Crippen LogP contribution in [-0.2, 0) is 6.42 Å². The first kappa shape index (κ1) is 16.1. The van der Waals surface area contributed by atoms with Crippen molar-refractivity contribution < 1.29 is 5.11 Å². The summed E-state index contributed by atoms with van der Waals surface area (Å²) in [4.78, 5) is 6.62. The molecule has 0 amide bonds. The van der Waals surface area contributed by atoms with Crippen LogP contribution in [0.1, 0.15) is 25.0 Å². The zero-order valence-corrected chi connectivity index (χ0v) is 13.4. The molecule has 2 rings (SSSR count). The quantitative estimate of drug-likeness (QED) is 0.787. The number of aromatic hydroxyl groups is 1. The number of aliphatic imine (C=N–C) groups is 1. The molecular formula is C19H24N2O. The van der Waals surface area contributed by atoms with Crippen molar-refractivity contribution in [3.63, 3.8) is 0 Å². The van der Waals surface area contributed by atoms with Crippen molar-refractivity contribution in [1.29, 1.82) is 0 Å². The summed E-state index contributed by atoms with van der Waals surface area (Å²) in [7, 11) is 0. The van der Waals surface area contributed by atoms with Gasteiger partial charge in [0.2, 0.25) is 0 Å². The average molecular weight is 296 g/mol. The van der Waals surface area contributed by atoms with E-state index in [1.54, 1.807) is 6.21 Å². The molecule has 0 aliphatic rings. The Hall–Kier alpha value is -2.29. The second-order valence-corrected chi connectivity index (χ2v) is 5.19. The Labute approximate surface area is 132 Å². The zero-order chi connectivity index (χ0) is 15.8. The topological polar surface area (TPSA) is 35.8 Å². The van der Waals surface area contributed by atoms with Gasteiger partial charge in [-0.2, -0.15) is 0 Å². The second kappa shape index (κ2) is 8.23. The van der Waals surface area contributed by atoms with Gasteiger partial charge < -0.3 is 10.0 Å². The molecule has 0 saturated heterocycles. The predicted octanol–water partition coefficient (Wildman–Crippen LogP) is 3.90. The summed E-state index contributed by atoms with van der Waals surface area (Å²) < 4.78 is 0. The van der Waals surface area contributed by atoms with Gasteiger partial charge >= 0.3 is 0 Å². The summed E-state index contributed by atoms with van der Waals surface area (Å²) in [6.45, 7) is 6.81. The first-order valence-electron chi connectivity index (χ1n) is 7.86. The summed E-state index contributed by atoms with van der Waals surface area (Å²) in [5.41, 5.74) is 3.09. The SMILES string of the molecule is CCN(CC)c1ccc(C=NCCc2ccccc2)c(O)c1. The molecule has 0 aliphatic carbocycles. The lowest BCUT2D eigenvalue weighted by Crippen LogP contribution is -2.21. The van der Waals surface area contributed by atoms with Gasteiger partial charge in [-0.05, 0) is 38.0 Å². The monoisotopic (exact) mass is 296 g/mol. The molecule has 3 heteroatoms. The minimum Gasteiger partial charge on any atom is -0.507 e. The maximum absolute atomic E-state index is 10.1. The molecule has 0 spiro atoms. The van der Waals surface area contributed by atoms with E-state index in [9.17, 15) is 5.11 Å². The van der Waals surface area contributed by atoms with Crippen LogP contribution in [0.4, 0.5) is 5.69 Å². The van der Waals surface area contributed by atoms with E-state index >= 15 is 0 Å². The van der Waals surface area contributed by atoms with Crippen LogP contribution >= 0.6 is 0 Å². The van der Waals surface area contributed by atoms with Gasteiger partial charge in [-0.25, -0.2) is 0 Å². The highest BCUT2D eigenvalue weighted by molar-refractivity contribution is 5.84. The van der Waals surface area contributed by atoms with Crippen molar-refractivity contribution >= 4 is 11.9 Å². The Kier molecular flexibility index (Phi) is 6.01. The van der Waals surface area contributed by atoms with Crippen LogP contribution in [0.3, 0.4) is 0 Å². The molecule has 0 aromatic heterocycles. The van der Waals surface area contributed by atoms with Crippen LogP contribution in [0, 0.1) is 0 Å². The predicted molar refractivity (Wildman–Crippen MR) is 94.3 cm³/mol. The van der Waals surface area contributed by atoms with E-state index in [1.165, 1.54) is 5.56 Å². The van der Waals surface area contributed by atoms with Crippen LogP contribution < -0.4 is 4.90 Å². The van der Waals surface area contributed by atoms with Crippen molar-refractivity contribution in [2.45, 2.75) is 20.3 Å². The number of nitrogens with zero attached hydrogens (tertiary/aromatic N) is 2. The molecule has 0 saturated carbocycles. The highest BCUT2D eigenvalue weighted by atomic mass is 16.3. The third-order valence-electron chi connectivity index (χ3n) is 3.75. The first-order valence-corrected chi connectivity index (χ1v) is 7.86. The highest BCUT2D eigenvalue weighted by Gasteiger charge is 2.05. The smallest absolute Gasteiger partial charge is 0.126 e. The van der Waals surface area contributed by atoms with Gasteiger partial charge in [-0.15, -0.1) is 0 Å². The van der Waals surface area contributed by atoms with Crippen LogP contribution in [0.15, 0.2) is 53.5 Å². The fraction of sp³-hybridized carbons (Fsp3) is 0.316. The van der Waals surface area contributed by atoms with E-state index < -0.39 is 0 Å². The molecule has 0 unspecified atom stereocenters. The van der Waals surface area contributed by atoms with Crippen molar-refractivity contribution in [2.75, 3.05) is 24.5 Å². The second-order valence-electron chi connectivity index (χ2n) is 5.19. The number of hydrogen-bond acceptors (Lipinski definition) is 3. The number of phenols is 1. The van der Waals surface area contributed by atoms with E-state index in [4.69, 9.17) is 0 Å². The zero-order valence-electron chi connectivity index (χ0n) is 13.4. The number of phenolic OH excluding ortho intramolecular Hbond substituents is 1. The Morgan fingerprint density at radius 3 is 2.41 bits per heavy atom. The molecule has 0 heterocycles. The first-order chi connectivity index (χ1) is 10.7. The molecule has 2 aromatic rings. The molecule has 0 bridgehead atoms. The third kappa shape index (κ3) is 4.35. The standard InChI is InChI=1S/C19H24N2O/c1-3-21(4-2)18-11-10-17(19(22)14-18)15-20-13-12-16-8-6-5-7-9-16/h5-11,14-15,22H,3-4,12-13H2,1-2H3. The van der Waals surface area contributed by atoms with Crippen molar-refractivity contribution in [3.8, 4) is 5.75 Å². The van der Waals surface area contributed by atoms with Gasteiger partial charge in [-0.1, -0.05) is 30.3 Å². The molecule has 1 N–H and O–H groups in total. The highest BCUT2D eigenvalue weighted by Crippen LogP contribution is 2.23. The maximum Gasteiger partial charge on any atom is 0.126 e. The summed E-state index contributed by atoms with van der Waals surface area (Å²) in [5.74, 6) is 0.285. The van der Waals surface area contributed by atoms with Gasteiger partial charge in [0.15, 0.2) is 0 Å². The Morgan fingerprint density at radius 1 is 1.05 bits per heavy atom. The molecule has 0 atom stereocenters. The van der Waals surface area contributed by atoms with Gasteiger partial charge in [0.05, 0.1) is 0 Å². The van der Waals surface area contributed by atoms with Crippen LogP contribution in [0.25, 0.3) is 0 Å². The molecule has 22 heavy (non-hydrogen) atoms. The molecular weight excluding hydrogens is 272 g/mol. The van der Waals surface area contributed by atoms with Crippen LogP contribution in [-0.4, -0.2) is 31.0 Å². The molecule has 3 nitrogen and oxygen atoms in total.